The smallest absolute Gasteiger partial charge is 0.254 e. The van der Waals surface area contributed by atoms with Crippen LogP contribution in [0.2, 0.25) is 0 Å². The summed E-state index contributed by atoms with van der Waals surface area (Å²) in [6.45, 7) is 2.29. The van der Waals surface area contributed by atoms with E-state index in [4.69, 9.17) is 5.73 Å². The van der Waals surface area contributed by atoms with Crippen molar-refractivity contribution in [3.63, 3.8) is 0 Å². The molecule has 18 heavy (non-hydrogen) atoms. The van der Waals surface area contributed by atoms with Crippen molar-refractivity contribution in [2.45, 2.75) is 6.92 Å². The predicted molar refractivity (Wildman–Crippen MR) is 68.2 cm³/mol. The number of benzene rings is 1. The number of nitrogens with one attached hydrogen (secondary N) is 1. The summed E-state index contributed by atoms with van der Waals surface area (Å²) in [5.41, 5.74) is 5.94. The van der Waals surface area contributed by atoms with Crippen molar-refractivity contribution >= 4 is 17.5 Å². The molecule has 0 saturated heterocycles. The van der Waals surface area contributed by atoms with E-state index in [-0.39, 0.29) is 35.4 Å². The van der Waals surface area contributed by atoms with Crippen LogP contribution in [-0.2, 0) is 4.79 Å². The zero-order valence-corrected chi connectivity index (χ0v) is 10.4. The van der Waals surface area contributed by atoms with Crippen LogP contribution < -0.4 is 11.1 Å². The van der Waals surface area contributed by atoms with Crippen LogP contribution in [0.3, 0.4) is 0 Å². The fraction of sp³-hybridized carbons (Fsp3) is 0.333. The Bertz CT molecular complexity index is 460. The lowest BCUT2D eigenvalue weighted by Crippen LogP contribution is -2.38. The Balaban J connectivity index is 2.74. The summed E-state index contributed by atoms with van der Waals surface area (Å²) in [6.07, 6.45) is 0. The highest BCUT2D eigenvalue weighted by Gasteiger charge is 2.15. The molecule has 0 aliphatic carbocycles. The molecular weight excluding hydrogens is 234 g/mol. The molecule has 0 saturated carbocycles. The summed E-state index contributed by atoms with van der Waals surface area (Å²) in [6, 6.07) is 4.24. The molecule has 6 heteroatoms. The van der Waals surface area contributed by atoms with Gasteiger partial charge in [-0.2, -0.15) is 0 Å². The number of rotatable bonds is 4. The van der Waals surface area contributed by atoms with Crippen molar-refractivity contribution in [2.24, 2.45) is 0 Å². The number of phenols is 1. The molecule has 0 fully saturated rings. The van der Waals surface area contributed by atoms with Crippen LogP contribution >= 0.6 is 0 Å². The minimum absolute atomic E-state index is 0.0299. The molecule has 0 unspecified atom stereocenters. The average Bonchev–Trinajstić information content (AvgIpc) is 2.32. The SMILES string of the molecule is CCNC(=O)CN(C)C(=O)c1ccc(N)c(O)c1. The highest BCUT2D eigenvalue weighted by molar-refractivity contribution is 5.97. The third kappa shape index (κ3) is 3.38. The third-order valence-corrected chi connectivity index (χ3v) is 2.38. The molecule has 0 bridgehead atoms. The quantitative estimate of drug-likeness (QED) is 0.525. The molecule has 6 nitrogen and oxygen atoms in total. The fourth-order valence-corrected chi connectivity index (χ4v) is 1.44. The van der Waals surface area contributed by atoms with E-state index in [2.05, 4.69) is 5.32 Å². The number of carbonyl (C=O) groups excluding carboxylic acids is 2. The number of nitrogen functional groups attached to an aromatic ring is 1. The molecular formula is C12H17N3O3. The van der Waals surface area contributed by atoms with E-state index in [1.54, 1.807) is 6.92 Å². The Kier molecular flexibility index (Phi) is 4.53. The number of hydrogen-bond acceptors (Lipinski definition) is 4. The van der Waals surface area contributed by atoms with Crippen molar-refractivity contribution in [1.29, 1.82) is 0 Å². The summed E-state index contributed by atoms with van der Waals surface area (Å²) in [7, 11) is 1.52. The maximum atomic E-state index is 11.9. The molecule has 0 atom stereocenters. The second kappa shape index (κ2) is 5.90. The van der Waals surface area contributed by atoms with Gasteiger partial charge in [-0.25, -0.2) is 0 Å². The van der Waals surface area contributed by atoms with Crippen LogP contribution in [0.5, 0.6) is 5.75 Å². The summed E-state index contributed by atoms with van der Waals surface area (Å²) in [4.78, 5) is 24.6. The predicted octanol–water partition coefficient (Wildman–Crippen LogP) is 0.182. The monoisotopic (exact) mass is 251 g/mol. The van der Waals surface area contributed by atoms with Crippen LogP contribution in [-0.4, -0.2) is 42.0 Å². The van der Waals surface area contributed by atoms with E-state index < -0.39 is 0 Å². The first kappa shape index (κ1) is 13.8. The Labute approximate surface area is 105 Å². The van der Waals surface area contributed by atoms with Crippen LogP contribution in [0.15, 0.2) is 18.2 Å². The van der Waals surface area contributed by atoms with E-state index >= 15 is 0 Å². The van der Waals surface area contributed by atoms with E-state index in [9.17, 15) is 14.7 Å². The minimum Gasteiger partial charge on any atom is -0.506 e. The van der Waals surface area contributed by atoms with Crippen molar-refractivity contribution in [3.8, 4) is 5.75 Å². The Morgan fingerprint density at radius 2 is 2.11 bits per heavy atom. The summed E-state index contributed by atoms with van der Waals surface area (Å²) >= 11 is 0. The summed E-state index contributed by atoms with van der Waals surface area (Å²) in [5.74, 6) is -0.725. The van der Waals surface area contributed by atoms with Gasteiger partial charge in [-0.15, -0.1) is 0 Å². The average molecular weight is 251 g/mol. The molecule has 98 valence electrons. The molecule has 1 aromatic rings. The number of hydrogen-bond donors (Lipinski definition) is 3. The Morgan fingerprint density at radius 1 is 1.44 bits per heavy atom. The van der Waals surface area contributed by atoms with Gasteiger partial charge >= 0.3 is 0 Å². The standard InChI is InChI=1S/C12H17N3O3/c1-3-14-11(17)7-15(2)12(18)8-4-5-9(13)10(16)6-8/h4-6,16H,3,7,13H2,1-2H3,(H,14,17). The molecule has 2 amide bonds. The lowest BCUT2D eigenvalue weighted by atomic mass is 10.1. The van der Waals surface area contributed by atoms with Crippen LogP contribution in [0.1, 0.15) is 17.3 Å². The molecule has 0 aliphatic rings. The van der Waals surface area contributed by atoms with E-state index in [1.165, 1.54) is 30.1 Å². The fourth-order valence-electron chi connectivity index (χ4n) is 1.44. The van der Waals surface area contributed by atoms with Gasteiger partial charge in [0.25, 0.3) is 5.91 Å². The molecule has 0 aliphatic heterocycles. The van der Waals surface area contributed by atoms with Gasteiger partial charge in [-0.05, 0) is 25.1 Å². The minimum atomic E-state index is -0.350. The number of likely N-dealkylation sites (N-methyl/N-ethyl adjacent to an activating group) is 2. The van der Waals surface area contributed by atoms with Crippen LogP contribution in [0.25, 0.3) is 0 Å². The number of nitrogens with zero attached hydrogens (tertiary/aromatic N) is 1. The van der Waals surface area contributed by atoms with E-state index in [1.807, 2.05) is 0 Å². The number of nitrogens with two attached hydrogens (primary N) is 1. The largest absolute Gasteiger partial charge is 0.506 e. The van der Waals surface area contributed by atoms with Gasteiger partial charge in [0.05, 0.1) is 12.2 Å². The molecule has 0 radical (unpaired) electrons. The molecule has 1 rings (SSSR count). The van der Waals surface area contributed by atoms with Gasteiger partial charge in [-0.1, -0.05) is 0 Å². The zero-order valence-electron chi connectivity index (χ0n) is 10.4. The Morgan fingerprint density at radius 3 is 2.67 bits per heavy atom. The molecule has 0 heterocycles. The lowest BCUT2D eigenvalue weighted by molar-refractivity contribution is -0.121. The summed E-state index contributed by atoms with van der Waals surface area (Å²) < 4.78 is 0. The highest BCUT2D eigenvalue weighted by atomic mass is 16.3. The maximum Gasteiger partial charge on any atom is 0.254 e. The Hall–Kier alpha value is -2.24. The van der Waals surface area contributed by atoms with Crippen molar-refractivity contribution in [3.05, 3.63) is 23.8 Å². The van der Waals surface area contributed by atoms with Crippen LogP contribution in [0.4, 0.5) is 5.69 Å². The van der Waals surface area contributed by atoms with E-state index in [0.717, 1.165) is 0 Å². The molecule has 0 spiro atoms. The van der Waals surface area contributed by atoms with E-state index in [0.29, 0.717) is 6.54 Å². The number of aromatic hydroxyl groups is 1. The summed E-state index contributed by atoms with van der Waals surface area (Å²) in [5, 5.41) is 12.0. The molecule has 4 N–H and O–H groups in total. The van der Waals surface area contributed by atoms with Gasteiger partial charge in [-0.3, -0.25) is 9.59 Å². The molecule has 0 aromatic heterocycles. The highest BCUT2D eigenvalue weighted by Crippen LogP contribution is 2.21. The molecule has 1 aromatic carbocycles. The zero-order chi connectivity index (χ0) is 13.7. The first-order valence-corrected chi connectivity index (χ1v) is 5.56. The normalized spacial score (nSPS) is 9.89. The maximum absolute atomic E-state index is 11.9. The van der Waals surface area contributed by atoms with Crippen LogP contribution in [0, 0.1) is 0 Å². The second-order valence-electron chi connectivity index (χ2n) is 3.89. The van der Waals surface area contributed by atoms with Crippen molar-refractivity contribution in [1.82, 2.24) is 10.2 Å². The third-order valence-electron chi connectivity index (χ3n) is 2.38. The lowest BCUT2D eigenvalue weighted by Gasteiger charge is -2.16. The second-order valence-corrected chi connectivity index (χ2v) is 3.89. The number of anilines is 1. The van der Waals surface area contributed by atoms with Crippen molar-refractivity contribution < 1.29 is 14.7 Å². The van der Waals surface area contributed by atoms with Gasteiger partial charge in [0, 0.05) is 19.2 Å². The van der Waals surface area contributed by atoms with Gasteiger partial charge in [0.1, 0.15) is 5.75 Å². The first-order chi connectivity index (χ1) is 8.45. The van der Waals surface area contributed by atoms with Gasteiger partial charge in [0.2, 0.25) is 5.91 Å². The topological polar surface area (TPSA) is 95.7 Å². The number of phenolic OH excluding ortho intramolecular Hbond substituents is 1. The van der Waals surface area contributed by atoms with Gasteiger partial charge in [0.15, 0.2) is 0 Å². The van der Waals surface area contributed by atoms with Crippen molar-refractivity contribution in [2.75, 3.05) is 25.9 Å². The van der Waals surface area contributed by atoms with Gasteiger partial charge < -0.3 is 21.1 Å². The first-order valence-electron chi connectivity index (χ1n) is 5.56. The number of amides is 2. The number of carbonyl (C=O) groups is 2.